The van der Waals surface area contributed by atoms with Crippen molar-refractivity contribution in [3.63, 3.8) is 0 Å². The van der Waals surface area contributed by atoms with Crippen LogP contribution in [0.25, 0.3) is 0 Å². The maximum Gasteiger partial charge on any atom is 0.501 e. The molecule has 13 heteroatoms. The first-order chi connectivity index (χ1) is 17.1. The number of hydrogen-bond donors (Lipinski definition) is 2. The maximum absolute atomic E-state index is 13.1. The SMILES string of the molecule is CCc1cc(Nc2ncc(Cl)c(Nc3ccccc3S(=O)(=O)C(F)(F)F)n2)ccc1N1CCOCC1. The lowest BCUT2D eigenvalue weighted by molar-refractivity contribution is -0.0435. The second kappa shape index (κ2) is 10.5. The molecule has 1 saturated heterocycles. The molecule has 3 aromatic rings. The van der Waals surface area contributed by atoms with Crippen LogP contribution in [0.4, 0.5) is 42.0 Å². The highest BCUT2D eigenvalue weighted by molar-refractivity contribution is 7.92. The number of nitrogens with zero attached hydrogens (tertiary/aromatic N) is 3. The normalized spacial score (nSPS) is 14.5. The molecule has 0 saturated carbocycles. The van der Waals surface area contributed by atoms with Gasteiger partial charge in [-0.1, -0.05) is 30.7 Å². The van der Waals surface area contributed by atoms with Crippen LogP contribution in [0.3, 0.4) is 0 Å². The van der Waals surface area contributed by atoms with E-state index in [9.17, 15) is 21.6 Å². The van der Waals surface area contributed by atoms with Crippen molar-refractivity contribution in [3.05, 3.63) is 59.2 Å². The van der Waals surface area contributed by atoms with Crippen molar-refractivity contribution < 1.29 is 26.3 Å². The molecule has 4 rings (SSSR count). The average molecular weight is 542 g/mol. The van der Waals surface area contributed by atoms with Gasteiger partial charge in [-0.3, -0.25) is 0 Å². The van der Waals surface area contributed by atoms with Crippen molar-refractivity contribution in [2.75, 3.05) is 41.8 Å². The summed E-state index contributed by atoms with van der Waals surface area (Å²) in [6.45, 7) is 5.01. The standard InChI is InChI=1S/C23H23ClF3N5O3S/c1-2-15-13-16(7-8-19(15)32-9-11-35-12-10-32)29-22-28-14-17(24)21(31-22)30-18-5-3-4-6-20(18)36(33,34)23(25,26)27/h3-8,13-14H,2,9-12H2,1H3,(H2,28,29,30,31). The van der Waals surface area contributed by atoms with Crippen molar-refractivity contribution in [1.82, 2.24) is 9.97 Å². The van der Waals surface area contributed by atoms with Gasteiger partial charge in [-0.05, 0) is 42.3 Å². The molecule has 8 nitrogen and oxygen atoms in total. The first-order valence-corrected chi connectivity index (χ1v) is 12.9. The van der Waals surface area contributed by atoms with Gasteiger partial charge in [0.2, 0.25) is 5.95 Å². The van der Waals surface area contributed by atoms with Gasteiger partial charge in [-0.2, -0.15) is 18.2 Å². The predicted molar refractivity (Wildman–Crippen MR) is 132 cm³/mol. The topological polar surface area (TPSA) is 96.5 Å². The third-order valence-electron chi connectivity index (χ3n) is 5.55. The van der Waals surface area contributed by atoms with E-state index in [0.29, 0.717) is 18.9 Å². The highest BCUT2D eigenvalue weighted by atomic mass is 35.5. The quantitative estimate of drug-likeness (QED) is 0.415. The zero-order valence-corrected chi connectivity index (χ0v) is 20.7. The lowest BCUT2D eigenvalue weighted by atomic mass is 10.1. The van der Waals surface area contributed by atoms with Crippen molar-refractivity contribution in [2.24, 2.45) is 0 Å². The predicted octanol–water partition coefficient (Wildman–Crippen LogP) is 5.31. The zero-order valence-electron chi connectivity index (χ0n) is 19.1. The Morgan fingerprint density at radius 2 is 1.83 bits per heavy atom. The number of aryl methyl sites for hydroxylation is 1. The molecule has 0 unspecified atom stereocenters. The van der Waals surface area contributed by atoms with E-state index < -0.39 is 20.2 Å². The fourth-order valence-corrected chi connectivity index (χ4v) is 4.81. The van der Waals surface area contributed by atoms with Gasteiger partial charge in [0.05, 0.1) is 30.0 Å². The largest absolute Gasteiger partial charge is 0.501 e. The summed E-state index contributed by atoms with van der Waals surface area (Å²) in [4.78, 5) is 9.71. The van der Waals surface area contributed by atoms with Gasteiger partial charge in [-0.15, -0.1) is 0 Å². The number of aromatic nitrogens is 2. The molecule has 0 spiro atoms. The van der Waals surface area contributed by atoms with Crippen LogP contribution in [0.15, 0.2) is 53.6 Å². The molecule has 0 bridgehead atoms. The van der Waals surface area contributed by atoms with Crippen LogP contribution < -0.4 is 15.5 Å². The number of sulfone groups is 1. The molecule has 1 fully saturated rings. The summed E-state index contributed by atoms with van der Waals surface area (Å²) in [6, 6.07) is 10.5. The lowest BCUT2D eigenvalue weighted by Gasteiger charge is -2.30. The van der Waals surface area contributed by atoms with Gasteiger partial charge >= 0.3 is 5.51 Å². The van der Waals surface area contributed by atoms with Crippen LogP contribution in [0.5, 0.6) is 0 Å². The van der Waals surface area contributed by atoms with Crippen LogP contribution in [0.2, 0.25) is 5.02 Å². The number of halogens is 4. The Hall–Kier alpha value is -3.09. The molecule has 2 N–H and O–H groups in total. The Balaban J connectivity index is 1.60. The number of anilines is 5. The smallest absolute Gasteiger partial charge is 0.378 e. The highest BCUT2D eigenvalue weighted by Crippen LogP contribution is 2.36. The van der Waals surface area contributed by atoms with E-state index in [4.69, 9.17) is 16.3 Å². The molecule has 2 heterocycles. The Morgan fingerprint density at radius 3 is 2.53 bits per heavy atom. The fourth-order valence-electron chi connectivity index (χ4n) is 3.76. The number of alkyl halides is 3. The number of hydrogen-bond acceptors (Lipinski definition) is 8. The molecule has 1 aliphatic rings. The van der Waals surface area contributed by atoms with Gasteiger partial charge in [0.1, 0.15) is 5.02 Å². The molecule has 2 aromatic carbocycles. The summed E-state index contributed by atoms with van der Waals surface area (Å²) in [7, 11) is -5.60. The van der Waals surface area contributed by atoms with Gasteiger partial charge < -0.3 is 20.3 Å². The molecule has 0 amide bonds. The second-order valence-corrected chi connectivity index (χ2v) is 10.2. The number of ether oxygens (including phenoxy) is 1. The van der Waals surface area contributed by atoms with Gasteiger partial charge in [0.25, 0.3) is 9.84 Å². The molecular formula is C23H23ClF3N5O3S. The number of rotatable bonds is 7. The van der Waals surface area contributed by atoms with Crippen molar-refractivity contribution >= 4 is 50.3 Å². The Morgan fingerprint density at radius 1 is 1.11 bits per heavy atom. The number of morpholine rings is 1. The number of para-hydroxylation sites is 1. The number of benzene rings is 2. The molecule has 192 valence electrons. The fraction of sp³-hybridized carbons (Fsp3) is 0.304. The maximum atomic E-state index is 13.1. The molecule has 0 atom stereocenters. The Kier molecular flexibility index (Phi) is 7.57. The average Bonchev–Trinajstić information content (AvgIpc) is 2.86. The van der Waals surface area contributed by atoms with Crippen LogP contribution >= 0.6 is 11.6 Å². The van der Waals surface area contributed by atoms with Gasteiger partial charge in [-0.25, -0.2) is 13.4 Å². The summed E-state index contributed by atoms with van der Waals surface area (Å²) >= 11 is 6.16. The molecule has 1 aliphatic heterocycles. The summed E-state index contributed by atoms with van der Waals surface area (Å²) in [5.41, 5.74) is -2.84. The third-order valence-corrected chi connectivity index (χ3v) is 7.37. The molecule has 1 aromatic heterocycles. The first-order valence-electron chi connectivity index (χ1n) is 11.0. The Labute approximate surface area is 211 Å². The van der Waals surface area contributed by atoms with Crippen molar-refractivity contribution in [3.8, 4) is 0 Å². The summed E-state index contributed by atoms with van der Waals surface area (Å²) in [5.74, 6) is 0.0684. The third kappa shape index (κ3) is 5.50. The molecule has 0 aliphatic carbocycles. The van der Waals surface area contributed by atoms with E-state index in [1.165, 1.54) is 24.4 Å². The minimum atomic E-state index is -5.60. The summed E-state index contributed by atoms with van der Waals surface area (Å²) in [6.07, 6.45) is 2.06. The zero-order chi connectivity index (χ0) is 25.9. The van der Waals surface area contributed by atoms with E-state index in [2.05, 4.69) is 32.4 Å². The number of nitrogens with one attached hydrogen (secondary N) is 2. The molecule has 36 heavy (non-hydrogen) atoms. The van der Waals surface area contributed by atoms with Crippen LogP contribution in [-0.2, 0) is 21.0 Å². The minimum absolute atomic E-state index is 0.00308. The van der Waals surface area contributed by atoms with Gasteiger partial charge in [0.15, 0.2) is 5.82 Å². The van der Waals surface area contributed by atoms with E-state index >= 15 is 0 Å². The van der Waals surface area contributed by atoms with Crippen LogP contribution in [0, 0.1) is 0 Å². The van der Waals surface area contributed by atoms with Crippen molar-refractivity contribution in [2.45, 2.75) is 23.7 Å². The molecule has 0 radical (unpaired) electrons. The lowest BCUT2D eigenvalue weighted by Crippen LogP contribution is -2.36. The van der Waals surface area contributed by atoms with Crippen LogP contribution in [0.1, 0.15) is 12.5 Å². The summed E-state index contributed by atoms with van der Waals surface area (Å²) < 4.78 is 68.9. The first kappa shape index (κ1) is 26.0. The van der Waals surface area contributed by atoms with E-state index in [-0.39, 0.29) is 22.5 Å². The van der Waals surface area contributed by atoms with E-state index in [1.54, 1.807) is 0 Å². The van der Waals surface area contributed by atoms with E-state index in [0.717, 1.165) is 36.8 Å². The Bertz CT molecular complexity index is 1350. The second-order valence-electron chi connectivity index (χ2n) is 7.88. The molecular weight excluding hydrogens is 519 g/mol. The highest BCUT2D eigenvalue weighted by Gasteiger charge is 2.48. The minimum Gasteiger partial charge on any atom is -0.378 e. The van der Waals surface area contributed by atoms with Crippen molar-refractivity contribution in [1.29, 1.82) is 0 Å². The summed E-state index contributed by atoms with van der Waals surface area (Å²) in [5, 5.41) is 5.67. The van der Waals surface area contributed by atoms with Crippen LogP contribution in [-0.4, -0.2) is 50.2 Å². The van der Waals surface area contributed by atoms with E-state index in [1.807, 2.05) is 18.2 Å². The monoisotopic (exact) mass is 541 g/mol. The van der Waals surface area contributed by atoms with Gasteiger partial charge in [0, 0.05) is 24.5 Å².